The Labute approximate surface area is 172 Å². The molecule has 0 aliphatic carbocycles. The third-order valence-corrected chi connectivity index (χ3v) is 5.85. The fourth-order valence-electron chi connectivity index (χ4n) is 2.66. The van der Waals surface area contributed by atoms with Gasteiger partial charge < -0.3 is 19.5 Å². The fraction of sp³-hybridized carbons (Fsp3) is 0.217. The van der Waals surface area contributed by atoms with Crippen LogP contribution in [0.2, 0.25) is 0 Å². The van der Waals surface area contributed by atoms with Gasteiger partial charge in [-0.1, -0.05) is 48.5 Å². The first-order valence-electron chi connectivity index (χ1n) is 9.39. The quantitative estimate of drug-likeness (QED) is 0.471. The first kappa shape index (κ1) is 21.0. The topological polar surface area (TPSA) is 70.8 Å². The molecule has 0 spiro atoms. The third-order valence-electron chi connectivity index (χ3n) is 3.94. The van der Waals surface area contributed by atoms with E-state index in [0.29, 0.717) is 22.8 Å². The predicted octanol–water partition coefficient (Wildman–Crippen LogP) is 6.17. The van der Waals surface area contributed by atoms with Gasteiger partial charge in [-0.05, 0) is 62.7 Å². The summed E-state index contributed by atoms with van der Waals surface area (Å²) >= 11 is 0. The zero-order chi connectivity index (χ0) is 20.9. The zero-order valence-electron chi connectivity index (χ0n) is 16.8. The molecule has 0 saturated heterocycles. The first-order valence-corrected chi connectivity index (χ1v) is 11.0. The van der Waals surface area contributed by atoms with Crippen molar-refractivity contribution in [3.63, 3.8) is 0 Å². The number of hydrogen-bond acceptors (Lipinski definition) is 5. The summed E-state index contributed by atoms with van der Waals surface area (Å²) in [4.78, 5) is 0. The molecule has 6 heteroatoms. The molecule has 0 saturated carbocycles. The largest absolute Gasteiger partial charge is 0.488 e. The number of para-hydroxylation sites is 2. The second-order valence-corrected chi connectivity index (χ2v) is 9.58. The van der Waals surface area contributed by atoms with Crippen LogP contribution in [0.5, 0.6) is 17.2 Å². The first-order chi connectivity index (χ1) is 13.8. The van der Waals surface area contributed by atoms with Crippen molar-refractivity contribution in [2.24, 2.45) is 5.73 Å². The Kier molecular flexibility index (Phi) is 6.31. The molecule has 0 bridgehead atoms. The molecule has 2 N–H and O–H groups in total. The van der Waals surface area contributed by atoms with Crippen molar-refractivity contribution < 1.29 is 18.3 Å². The highest BCUT2D eigenvalue weighted by atomic mass is 31.2. The molecule has 0 fully saturated rings. The minimum atomic E-state index is -3.80. The molecular formula is C23H26NO4P. The Morgan fingerprint density at radius 2 is 1.17 bits per heavy atom. The summed E-state index contributed by atoms with van der Waals surface area (Å²) in [5.74, 6) is 0.577. The zero-order valence-corrected chi connectivity index (χ0v) is 17.7. The van der Waals surface area contributed by atoms with E-state index in [1.54, 1.807) is 72.8 Å². The van der Waals surface area contributed by atoms with E-state index in [1.807, 2.05) is 32.9 Å². The highest BCUT2D eigenvalue weighted by Crippen LogP contribution is 2.57. The lowest BCUT2D eigenvalue weighted by Crippen LogP contribution is -2.23. The van der Waals surface area contributed by atoms with E-state index in [9.17, 15) is 4.57 Å². The van der Waals surface area contributed by atoms with E-state index in [1.165, 1.54) is 0 Å². The summed E-state index contributed by atoms with van der Waals surface area (Å²) in [6.45, 7) is 5.92. The van der Waals surface area contributed by atoms with E-state index < -0.39 is 13.4 Å². The van der Waals surface area contributed by atoms with Crippen molar-refractivity contribution in [1.82, 2.24) is 0 Å². The van der Waals surface area contributed by atoms with Gasteiger partial charge in [-0.25, -0.2) is 4.57 Å². The van der Waals surface area contributed by atoms with Crippen LogP contribution in [0.3, 0.4) is 0 Å². The molecule has 0 aromatic heterocycles. The maximum atomic E-state index is 13.8. The van der Waals surface area contributed by atoms with Crippen LogP contribution in [0.4, 0.5) is 0 Å². The average Bonchev–Trinajstić information content (AvgIpc) is 2.68. The minimum Gasteiger partial charge on any atom is -0.488 e. The Balaban J connectivity index is 1.89. The maximum absolute atomic E-state index is 13.8. The molecule has 1 atom stereocenters. The van der Waals surface area contributed by atoms with Gasteiger partial charge in [-0.2, -0.15) is 0 Å². The van der Waals surface area contributed by atoms with Crippen LogP contribution in [0.25, 0.3) is 0 Å². The molecule has 1 unspecified atom stereocenters. The molecule has 3 rings (SSSR count). The van der Waals surface area contributed by atoms with Gasteiger partial charge in [0.2, 0.25) is 0 Å². The van der Waals surface area contributed by atoms with Crippen LogP contribution in [0.15, 0.2) is 84.9 Å². The molecule has 3 aromatic carbocycles. The molecule has 0 amide bonds. The number of rotatable bonds is 7. The van der Waals surface area contributed by atoms with Gasteiger partial charge in [0.1, 0.15) is 22.8 Å². The van der Waals surface area contributed by atoms with Gasteiger partial charge in [-0.15, -0.1) is 0 Å². The minimum absolute atomic E-state index is 0.314. The third kappa shape index (κ3) is 5.86. The van der Waals surface area contributed by atoms with Gasteiger partial charge in [0.25, 0.3) is 0 Å². The van der Waals surface area contributed by atoms with E-state index in [2.05, 4.69) is 0 Å². The van der Waals surface area contributed by atoms with Crippen molar-refractivity contribution in [3.05, 3.63) is 90.5 Å². The lowest BCUT2D eigenvalue weighted by atomic mass is 10.1. The van der Waals surface area contributed by atoms with Gasteiger partial charge in [0.05, 0.1) is 0 Å². The number of ether oxygens (including phenoxy) is 1. The molecule has 0 aliphatic rings. The van der Waals surface area contributed by atoms with Crippen LogP contribution in [0, 0.1) is 0 Å². The Morgan fingerprint density at radius 1 is 0.724 bits per heavy atom. The molecule has 5 nitrogen and oxygen atoms in total. The molecule has 3 aromatic rings. The summed E-state index contributed by atoms with van der Waals surface area (Å²) in [6, 6.07) is 24.9. The van der Waals surface area contributed by atoms with Crippen molar-refractivity contribution in [3.8, 4) is 17.2 Å². The Morgan fingerprint density at radius 3 is 1.59 bits per heavy atom. The predicted molar refractivity (Wildman–Crippen MR) is 115 cm³/mol. The molecule has 152 valence electrons. The van der Waals surface area contributed by atoms with Crippen LogP contribution < -0.4 is 19.5 Å². The lowest BCUT2D eigenvalue weighted by Gasteiger charge is -2.26. The highest BCUT2D eigenvalue weighted by molar-refractivity contribution is 7.55. The van der Waals surface area contributed by atoms with Crippen LogP contribution in [-0.4, -0.2) is 5.60 Å². The van der Waals surface area contributed by atoms with E-state index >= 15 is 0 Å². The van der Waals surface area contributed by atoms with E-state index in [4.69, 9.17) is 19.5 Å². The molecule has 0 aliphatic heterocycles. The summed E-state index contributed by atoms with van der Waals surface area (Å²) in [5.41, 5.74) is 6.71. The normalized spacial score (nSPS) is 12.8. The monoisotopic (exact) mass is 411 g/mol. The van der Waals surface area contributed by atoms with E-state index in [0.717, 1.165) is 0 Å². The maximum Gasteiger partial charge on any atom is 0.451 e. The summed E-state index contributed by atoms with van der Waals surface area (Å²) in [6.07, 6.45) is 0. The highest BCUT2D eigenvalue weighted by Gasteiger charge is 2.38. The summed E-state index contributed by atoms with van der Waals surface area (Å²) in [7, 11) is -3.80. The number of nitrogens with two attached hydrogens (primary N) is 1. The van der Waals surface area contributed by atoms with Crippen LogP contribution in [-0.2, 0) is 4.57 Å². The Bertz CT molecular complexity index is 908. The van der Waals surface area contributed by atoms with Crippen molar-refractivity contribution in [1.29, 1.82) is 0 Å². The molecule has 0 heterocycles. The van der Waals surface area contributed by atoms with Gasteiger partial charge in [0.15, 0.2) is 5.78 Å². The van der Waals surface area contributed by atoms with Gasteiger partial charge in [-0.3, -0.25) is 0 Å². The smallest absolute Gasteiger partial charge is 0.451 e. The lowest BCUT2D eigenvalue weighted by molar-refractivity contribution is 0.131. The summed E-state index contributed by atoms with van der Waals surface area (Å²) < 4.78 is 31.2. The summed E-state index contributed by atoms with van der Waals surface area (Å²) in [5, 5.41) is 0. The van der Waals surface area contributed by atoms with Gasteiger partial charge >= 0.3 is 7.60 Å². The van der Waals surface area contributed by atoms with Crippen molar-refractivity contribution in [2.75, 3.05) is 0 Å². The average molecular weight is 411 g/mol. The van der Waals surface area contributed by atoms with Crippen LogP contribution >= 0.6 is 7.60 Å². The molecule has 29 heavy (non-hydrogen) atoms. The van der Waals surface area contributed by atoms with Gasteiger partial charge in [0, 0.05) is 0 Å². The fourth-order valence-corrected chi connectivity index (χ4v) is 4.29. The second kappa shape index (κ2) is 8.73. The second-order valence-electron chi connectivity index (χ2n) is 7.58. The van der Waals surface area contributed by atoms with Crippen LogP contribution in [0.1, 0.15) is 32.1 Å². The van der Waals surface area contributed by atoms with Crippen molar-refractivity contribution >= 4 is 7.60 Å². The standard InChI is InChI=1S/C23H26NO4P/c1-23(2,3)26-19-16-14-18(15-17-19)22(24)29(25,27-20-10-6-4-7-11-20)28-21-12-8-5-9-13-21/h4-17,22H,24H2,1-3H3. The number of benzene rings is 3. The molecule has 0 radical (unpaired) electrons. The van der Waals surface area contributed by atoms with Crippen molar-refractivity contribution in [2.45, 2.75) is 32.2 Å². The number of hydrogen-bond donors (Lipinski definition) is 1. The van der Waals surface area contributed by atoms with E-state index in [-0.39, 0.29) is 5.60 Å². The Hall–Kier alpha value is -2.75. The molecular weight excluding hydrogens is 385 g/mol. The SMILES string of the molecule is CC(C)(C)Oc1ccc(C(N)P(=O)(Oc2ccccc2)Oc2ccccc2)cc1.